The van der Waals surface area contributed by atoms with Crippen molar-refractivity contribution in [3.63, 3.8) is 0 Å². The molecule has 4 unspecified atom stereocenters. The number of hydrogen-bond donors (Lipinski definition) is 2. The first kappa shape index (κ1) is 16.4. The van der Waals surface area contributed by atoms with Gasteiger partial charge in [0.2, 0.25) is 0 Å². The summed E-state index contributed by atoms with van der Waals surface area (Å²) in [4.78, 5) is 12.3. The monoisotopic (exact) mass is 328 g/mol. The van der Waals surface area contributed by atoms with Crippen molar-refractivity contribution in [2.75, 3.05) is 5.73 Å². The minimum Gasteiger partial charge on any atom is -0.399 e. The fourth-order valence-corrected chi connectivity index (χ4v) is 4.29. The van der Waals surface area contributed by atoms with E-state index in [2.05, 4.69) is 12.2 Å². The molecule has 21 heavy (non-hydrogen) atoms. The normalized spacial score (nSPS) is 28.0. The van der Waals surface area contributed by atoms with E-state index in [-0.39, 0.29) is 24.4 Å². The van der Waals surface area contributed by atoms with Crippen LogP contribution in [0.3, 0.4) is 0 Å². The number of hydrogen-bond acceptors (Lipinski definition) is 2. The van der Waals surface area contributed by atoms with Crippen LogP contribution in [-0.4, -0.2) is 11.9 Å². The van der Waals surface area contributed by atoms with E-state index in [1.54, 1.807) is 18.2 Å². The summed E-state index contributed by atoms with van der Waals surface area (Å²) in [5.41, 5.74) is 6.74. The molecule has 2 bridgehead atoms. The Bertz CT molecular complexity index is 535. The van der Waals surface area contributed by atoms with Gasteiger partial charge in [0, 0.05) is 11.7 Å². The zero-order chi connectivity index (χ0) is 14.3. The van der Waals surface area contributed by atoms with Gasteiger partial charge in [-0.25, -0.2) is 0 Å². The van der Waals surface area contributed by atoms with Crippen LogP contribution in [-0.2, 0) is 0 Å². The number of nitrogen functional groups attached to an aromatic ring is 1. The molecule has 2 aliphatic carbocycles. The van der Waals surface area contributed by atoms with E-state index in [0.717, 1.165) is 11.8 Å². The van der Waals surface area contributed by atoms with Crippen molar-refractivity contribution >= 4 is 35.6 Å². The average molecular weight is 329 g/mol. The minimum atomic E-state index is -0.0923. The molecule has 4 atom stereocenters. The van der Waals surface area contributed by atoms with E-state index in [1.165, 1.54) is 25.7 Å². The Morgan fingerprint density at radius 2 is 2.14 bits per heavy atom. The lowest BCUT2D eigenvalue weighted by Crippen LogP contribution is -2.40. The lowest BCUT2D eigenvalue weighted by molar-refractivity contribution is 0.0915. The van der Waals surface area contributed by atoms with Gasteiger partial charge in [-0.2, -0.15) is 0 Å². The molecule has 2 saturated carbocycles. The molecule has 0 heterocycles. The van der Waals surface area contributed by atoms with Gasteiger partial charge in [0.15, 0.2) is 0 Å². The van der Waals surface area contributed by atoms with Crippen molar-refractivity contribution in [3.05, 3.63) is 28.8 Å². The summed E-state index contributed by atoms with van der Waals surface area (Å²) in [6.07, 6.45) is 5.33. The second-order valence-electron chi connectivity index (χ2n) is 6.34. The molecule has 0 radical (unpaired) electrons. The molecule has 5 heteroatoms. The maximum atomic E-state index is 12.3. The zero-order valence-electron chi connectivity index (χ0n) is 12.1. The third kappa shape index (κ3) is 3.29. The molecule has 1 aromatic carbocycles. The quantitative estimate of drug-likeness (QED) is 0.827. The highest BCUT2D eigenvalue weighted by atomic mass is 35.5. The highest BCUT2D eigenvalue weighted by molar-refractivity contribution is 6.34. The van der Waals surface area contributed by atoms with Gasteiger partial charge in [-0.05, 0) is 62.1 Å². The molecule has 2 aliphatic rings. The van der Waals surface area contributed by atoms with Gasteiger partial charge >= 0.3 is 0 Å². The van der Waals surface area contributed by atoms with Crippen molar-refractivity contribution in [1.82, 2.24) is 5.32 Å². The Kier molecular flexibility index (Phi) is 5.05. The number of carbonyl (C=O) groups excluding carboxylic acids is 1. The molecular formula is C16H22Cl2N2O. The van der Waals surface area contributed by atoms with E-state index < -0.39 is 0 Å². The first-order valence-corrected chi connectivity index (χ1v) is 7.78. The summed E-state index contributed by atoms with van der Waals surface area (Å²) in [6, 6.07) is 5.24. The van der Waals surface area contributed by atoms with E-state index in [9.17, 15) is 4.79 Å². The Hall–Kier alpha value is -0.930. The lowest BCUT2D eigenvalue weighted by Gasteiger charge is -2.28. The van der Waals surface area contributed by atoms with Crippen LogP contribution in [0, 0.1) is 17.8 Å². The SMILES string of the molecule is CC(NC(=O)c1ccc(N)cc1Cl)C1CC2CCC1C2.Cl. The predicted octanol–water partition coefficient (Wildman–Crippen LogP) is 3.90. The van der Waals surface area contributed by atoms with Crippen LogP contribution >= 0.6 is 24.0 Å². The van der Waals surface area contributed by atoms with Crippen LogP contribution in [0.1, 0.15) is 43.0 Å². The van der Waals surface area contributed by atoms with E-state index in [1.807, 2.05) is 0 Å². The Labute approximate surface area is 137 Å². The van der Waals surface area contributed by atoms with Crippen molar-refractivity contribution in [1.29, 1.82) is 0 Å². The number of amides is 1. The van der Waals surface area contributed by atoms with Gasteiger partial charge in [-0.15, -0.1) is 12.4 Å². The molecule has 0 spiro atoms. The molecule has 1 aromatic rings. The van der Waals surface area contributed by atoms with E-state index in [4.69, 9.17) is 17.3 Å². The van der Waals surface area contributed by atoms with Crippen LogP contribution < -0.4 is 11.1 Å². The number of nitrogens with two attached hydrogens (primary N) is 1. The second kappa shape index (κ2) is 6.45. The number of rotatable bonds is 3. The van der Waals surface area contributed by atoms with Gasteiger partial charge in [0.1, 0.15) is 0 Å². The smallest absolute Gasteiger partial charge is 0.253 e. The fourth-order valence-electron chi connectivity index (χ4n) is 4.01. The molecule has 3 nitrogen and oxygen atoms in total. The molecule has 1 amide bonds. The van der Waals surface area contributed by atoms with Crippen molar-refractivity contribution in [3.8, 4) is 0 Å². The van der Waals surface area contributed by atoms with Crippen LogP contribution in [0.15, 0.2) is 18.2 Å². The zero-order valence-corrected chi connectivity index (χ0v) is 13.7. The Morgan fingerprint density at radius 3 is 2.71 bits per heavy atom. The number of carbonyl (C=O) groups is 1. The third-order valence-electron chi connectivity index (χ3n) is 5.03. The first-order chi connectivity index (χ1) is 9.54. The van der Waals surface area contributed by atoms with Crippen LogP contribution in [0.5, 0.6) is 0 Å². The van der Waals surface area contributed by atoms with Gasteiger partial charge in [-0.1, -0.05) is 18.0 Å². The number of benzene rings is 1. The second-order valence-corrected chi connectivity index (χ2v) is 6.75. The maximum Gasteiger partial charge on any atom is 0.253 e. The molecule has 3 N–H and O–H groups in total. The molecule has 3 rings (SSSR count). The maximum absolute atomic E-state index is 12.3. The van der Waals surface area contributed by atoms with Crippen LogP contribution in [0.4, 0.5) is 5.69 Å². The summed E-state index contributed by atoms with van der Waals surface area (Å²) >= 11 is 6.09. The predicted molar refractivity (Wildman–Crippen MR) is 89.0 cm³/mol. The van der Waals surface area contributed by atoms with Gasteiger partial charge in [0.25, 0.3) is 5.91 Å². The highest BCUT2D eigenvalue weighted by Crippen LogP contribution is 2.49. The largest absolute Gasteiger partial charge is 0.399 e. The third-order valence-corrected chi connectivity index (χ3v) is 5.34. The average Bonchev–Trinajstić information content (AvgIpc) is 3.00. The number of halogens is 2. The number of anilines is 1. The molecule has 0 aliphatic heterocycles. The van der Waals surface area contributed by atoms with Gasteiger partial charge < -0.3 is 11.1 Å². The molecule has 2 fully saturated rings. The summed E-state index contributed by atoms with van der Waals surface area (Å²) in [5, 5.41) is 3.54. The summed E-state index contributed by atoms with van der Waals surface area (Å²) in [5.74, 6) is 2.23. The van der Waals surface area contributed by atoms with E-state index in [0.29, 0.717) is 22.2 Å². The highest BCUT2D eigenvalue weighted by Gasteiger charge is 2.42. The van der Waals surface area contributed by atoms with Gasteiger partial charge in [0.05, 0.1) is 10.6 Å². The van der Waals surface area contributed by atoms with Crippen LogP contribution in [0.25, 0.3) is 0 Å². The lowest BCUT2D eigenvalue weighted by atomic mass is 9.84. The summed E-state index contributed by atoms with van der Waals surface area (Å²) in [6.45, 7) is 2.12. The standard InChI is InChI=1S/C16H21ClN2O.ClH/c1-9(14-7-10-2-3-11(14)6-10)19-16(20)13-5-4-12(18)8-15(13)17;/h4-5,8-11,14H,2-3,6-7,18H2,1H3,(H,19,20);1H. The number of nitrogens with one attached hydrogen (secondary N) is 1. The Morgan fingerprint density at radius 1 is 1.38 bits per heavy atom. The van der Waals surface area contributed by atoms with E-state index >= 15 is 0 Å². The van der Waals surface area contributed by atoms with Gasteiger partial charge in [-0.3, -0.25) is 4.79 Å². The molecular weight excluding hydrogens is 307 g/mol. The minimum absolute atomic E-state index is 0. The molecule has 0 aromatic heterocycles. The van der Waals surface area contributed by atoms with Crippen molar-refractivity contribution in [2.45, 2.75) is 38.6 Å². The fraction of sp³-hybridized carbons (Fsp3) is 0.562. The number of fused-ring (bicyclic) bond motifs is 2. The summed E-state index contributed by atoms with van der Waals surface area (Å²) < 4.78 is 0. The Balaban J connectivity index is 0.00000161. The molecule has 116 valence electrons. The molecule has 0 saturated heterocycles. The first-order valence-electron chi connectivity index (χ1n) is 7.40. The van der Waals surface area contributed by atoms with Crippen molar-refractivity contribution < 1.29 is 4.79 Å². The topological polar surface area (TPSA) is 55.1 Å². The van der Waals surface area contributed by atoms with Crippen LogP contribution in [0.2, 0.25) is 5.02 Å². The van der Waals surface area contributed by atoms with Crippen molar-refractivity contribution in [2.24, 2.45) is 17.8 Å². The summed E-state index contributed by atoms with van der Waals surface area (Å²) in [7, 11) is 0.